The van der Waals surface area contributed by atoms with Crippen LogP contribution in [-0.2, 0) is 4.74 Å². The molecule has 20 heavy (non-hydrogen) atoms. The molecule has 0 saturated carbocycles. The second-order valence-electron chi connectivity index (χ2n) is 5.25. The minimum atomic E-state index is -0.0161. The van der Waals surface area contributed by atoms with Gasteiger partial charge in [0.05, 0.1) is 13.2 Å². The molecule has 2 rings (SSSR count). The summed E-state index contributed by atoms with van der Waals surface area (Å²) in [6.07, 6.45) is 1.95. The van der Waals surface area contributed by atoms with E-state index in [0.29, 0.717) is 12.2 Å². The minimum absolute atomic E-state index is 0.0161. The number of halogens is 1. The molecule has 0 unspecified atom stereocenters. The van der Waals surface area contributed by atoms with Gasteiger partial charge in [-0.15, -0.1) is 0 Å². The highest BCUT2D eigenvalue weighted by atomic mass is 79.9. The van der Waals surface area contributed by atoms with Crippen molar-refractivity contribution < 1.29 is 9.53 Å². The quantitative estimate of drug-likeness (QED) is 0.887. The lowest BCUT2D eigenvalue weighted by atomic mass is 10.3. The molecule has 1 aromatic heterocycles. The topological polar surface area (TPSA) is 46.5 Å². The van der Waals surface area contributed by atoms with Crippen LogP contribution in [0.2, 0.25) is 0 Å². The van der Waals surface area contributed by atoms with Crippen LogP contribution >= 0.6 is 15.9 Å². The van der Waals surface area contributed by atoms with Crippen LogP contribution in [0.3, 0.4) is 0 Å². The molecule has 5 nitrogen and oxygen atoms in total. The summed E-state index contributed by atoms with van der Waals surface area (Å²) in [6.45, 7) is 9.15. The SMILES string of the molecule is CC(C)n1cc(Br)cc1C(=O)NCCN1CCOCC1. The molecule has 6 heteroatoms. The van der Waals surface area contributed by atoms with Crippen molar-refractivity contribution >= 4 is 21.8 Å². The van der Waals surface area contributed by atoms with Gasteiger partial charge in [0.15, 0.2) is 0 Å². The zero-order valence-corrected chi connectivity index (χ0v) is 13.6. The number of amides is 1. The Morgan fingerprint density at radius 1 is 1.45 bits per heavy atom. The molecule has 0 atom stereocenters. The van der Waals surface area contributed by atoms with Crippen molar-refractivity contribution in [2.24, 2.45) is 0 Å². The first-order valence-corrected chi connectivity index (χ1v) is 7.83. The normalized spacial score (nSPS) is 16.6. The number of carbonyl (C=O) groups excluding carboxylic acids is 1. The van der Waals surface area contributed by atoms with Gasteiger partial charge < -0.3 is 14.6 Å². The van der Waals surface area contributed by atoms with Crippen LogP contribution in [0.1, 0.15) is 30.4 Å². The predicted molar refractivity (Wildman–Crippen MR) is 82.1 cm³/mol. The first kappa shape index (κ1) is 15.5. The number of carbonyl (C=O) groups is 1. The fraction of sp³-hybridized carbons (Fsp3) is 0.643. The van der Waals surface area contributed by atoms with Gasteiger partial charge in [0, 0.05) is 42.9 Å². The molecule has 1 aromatic rings. The summed E-state index contributed by atoms with van der Waals surface area (Å²) < 4.78 is 8.22. The Bertz CT molecular complexity index is 453. The second-order valence-corrected chi connectivity index (χ2v) is 6.17. The number of nitrogens with zero attached hydrogens (tertiary/aromatic N) is 2. The number of morpholine rings is 1. The molecule has 112 valence electrons. The molecule has 0 bridgehead atoms. The van der Waals surface area contributed by atoms with E-state index in [4.69, 9.17) is 4.74 Å². The van der Waals surface area contributed by atoms with Crippen LogP contribution in [0.4, 0.5) is 0 Å². The van der Waals surface area contributed by atoms with Crippen LogP contribution in [0.15, 0.2) is 16.7 Å². The summed E-state index contributed by atoms with van der Waals surface area (Å²) in [5, 5.41) is 2.99. The molecule has 1 saturated heterocycles. The summed E-state index contributed by atoms with van der Waals surface area (Å²) >= 11 is 3.43. The van der Waals surface area contributed by atoms with Gasteiger partial charge in [0.2, 0.25) is 0 Å². The third-order valence-corrected chi connectivity index (χ3v) is 3.86. The van der Waals surface area contributed by atoms with Crippen molar-refractivity contribution in [1.29, 1.82) is 0 Å². The van der Waals surface area contributed by atoms with E-state index in [1.807, 2.05) is 16.8 Å². The Balaban J connectivity index is 1.85. The van der Waals surface area contributed by atoms with E-state index in [1.54, 1.807) is 0 Å². The van der Waals surface area contributed by atoms with Gasteiger partial charge in [-0.25, -0.2) is 0 Å². The Labute approximate surface area is 128 Å². The lowest BCUT2D eigenvalue weighted by Crippen LogP contribution is -2.41. The van der Waals surface area contributed by atoms with Crippen molar-refractivity contribution in [3.05, 3.63) is 22.4 Å². The van der Waals surface area contributed by atoms with Crippen LogP contribution in [-0.4, -0.2) is 54.8 Å². The molecule has 0 radical (unpaired) electrons. The van der Waals surface area contributed by atoms with E-state index in [9.17, 15) is 4.79 Å². The first-order chi connectivity index (χ1) is 9.58. The molecule has 1 aliphatic rings. The summed E-state index contributed by atoms with van der Waals surface area (Å²) in [7, 11) is 0. The van der Waals surface area contributed by atoms with Crippen LogP contribution < -0.4 is 5.32 Å². The van der Waals surface area contributed by atoms with Crippen molar-refractivity contribution in [1.82, 2.24) is 14.8 Å². The molecule has 2 heterocycles. The average molecular weight is 344 g/mol. The molecule has 1 N–H and O–H groups in total. The zero-order valence-electron chi connectivity index (χ0n) is 12.1. The third-order valence-electron chi connectivity index (χ3n) is 3.42. The van der Waals surface area contributed by atoms with E-state index < -0.39 is 0 Å². The van der Waals surface area contributed by atoms with Gasteiger partial charge in [-0.2, -0.15) is 0 Å². The third kappa shape index (κ3) is 4.07. The molecular formula is C14H22BrN3O2. The van der Waals surface area contributed by atoms with E-state index in [1.165, 1.54) is 0 Å². The van der Waals surface area contributed by atoms with E-state index in [-0.39, 0.29) is 11.9 Å². The largest absolute Gasteiger partial charge is 0.379 e. The number of ether oxygens (including phenoxy) is 1. The highest BCUT2D eigenvalue weighted by Crippen LogP contribution is 2.19. The molecular weight excluding hydrogens is 322 g/mol. The maximum absolute atomic E-state index is 12.2. The summed E-state index contributed by atoms with van der Waals surface area (Å²) in [5.41, 5.74) is 0.703. The molecule has 0 aliphatic carbocycles. The molecule has 0 spiro atoms. The van der Waals surface area contributed by atoms with Crippen molar-refractivity contribution in [3.8, 4) is 0 Å². The van der Waals surface area contributed by atoms with Crippen LogP contribution in [0, 0.1) is 0 Å². The number of nitrogens with one attached hydrogen (secondary N) is 1. The highest BCUT2D eigenvalue weighted by molar-refractivity contribution is 9.10. The second kappa shape index (κ2) is 7.24. The van der Waals surface area contributed by atoms with Gasteiger partial charge >= 0.3 is 0 Å². The Morgan fingerprint density at radius 2 is 2.15 bits per heavy atom. The Morgan fingerprint density at radius 3 is 2.80 bits per heavy atom. The molecule has 1 aliphatic heterocycles. The maximum atomic E-state index is 12.2. The number of rotatable bonds is 5. The molecule has 0 aromatic carbocycles. The lowest BCUT2D eigenvalue weighted by molar-refractivity contribution is 0.0383. The maximum Gasteiger partial charge on any atom is 0.268 e. The van der Waals surface area contributed by atoms with Crippen molar-refractivity contribution in [3.63, 3.8) is 0 Å². The smallest absolute Gasteiger partial charge is 0.268 e. The number of hydrogen-bond donors (Lipinski definition) is 1. The van der Waals surface area contributed by atoms with Crippen molar-refractivity contribution in [2.75, 3.05) is 39.4 Å². The first-order valence-electron chi connectivity index (χ1n) is 7.03. The van der Waals surface area contributed by atoms with E-state index in [2.05, 4.69) is 40.0 Å². The summed E-state index contributed by atoms with van der Waals surface area (Å²) in [6, 6.07) is 2.13. The Kier molecular flexibility index (Phi) is 5.63. The Hall–Kier alpha value is -0.850. The van der Waals surface area contributed by atoms with Crippen LogP contribution in [0.25, 0.3) is 0 Å². The van der Waals surface area contributed by atoms with Crippen LogP contribution in [0.5, 0.6) is 0 Å². The fourth-order valence-electron chi connectivity index (χ4n) is 2.30. The molecule has 1 amide bonds. The van der Waals surface area contributed by atoms with Gasteiger partial charge in [-0.1, -0.05) is 0 Å². The lowest BCUT2D eigenvalue weighted by Gasteiger charge is -2.26. The predicted octanol–water partition coefficient (Wildman–Crippen LogP) is 1.89. The zero-order chi connectivity index (χ0) is 14.5. The van der Waals surface area contributed by atoms with Crippen molar-refractivity contribution in [2.45, 2.75) is 19.9 Å². The fourth-order valence-corrected chi connectivity index (χ4v) is 2.74. The van der Waals surface area contributed by atoms with Gasteiger partial charge in [-0.05, 0) is 35.8 Å². The van der Waals surface area contributed by atoms with Gasteiger partial charge in [0.25, 0.3) is 5.91 Å². The summed E-state index contributed by atoms with van der Waals surface area (Å²) in [4.78, 5) is 14.5. The number of aromatic nitrogens is 1. The van der Waals surface area contributed by atoms with Gasteiger partial charge in [0.1, 0.15) is 5.69 Å². The minimum Gasteiger partial charge on any atom is -0.379 e. The van der Waals surface area contributed by atoms with E-state index in [0.717, 1.165) is 37.3 Å². The number of hydrogen-bond acceptors (Lipinski definition) is 3. The average Bonchev–Trinajstić information content (AvgIpc) is 2.82. The van der Waals surface area contributed by atoms with E-state index >= 15 is 0 Å². The standard InChI is InChI=1S/C14H22BrN3O2/c1-11(2)18-10-12(15)9-13(18)14(19)16-3-4-17-5-7-20-8-6-17/h9-11H,3-8H2,1-2H3,(H,16,19). The monoisotopic (exact) mass is 343 g/mol. The highest BCUT2D eigenvalue weighted by Gasteiger charge is 2.15. The van der Waals surface area contributed by atoms with Gasteiger partial charge in [-0.3, -0.25) is 9.69 Å². The summed E-state index contributed by atoms with van der Waals surface area (Å²) in [5.74, 6) is -0.0161. The molecule has 1 fully saturated rings.